The van der Waals surface area contributed by atoms with Gasteiger partial charge in [0.2, 0.25) is 5.88 Å². The molecule has 7 heteroatoms. The van der Waals surface area contributed by atoms with Crippen molar-refractivity contribution < 1.29 is 4.74 Å². The van der Waals surface area contributed by atoms with Gasteiger partial charge < -0.3 is 15.0 Å². The van der Waals surface area contributed by atoms with Crippen molar-refractivity contribution in [2.24, 2.45) is 0 Å². The molecule has 24 heavy (non-hydrogen) atoms. The highest BCUT2D eigenvalue weighted by Crippen LogP contribution is 2.26. The van der Waals surface area contributed by atoms with Crippen LogP contribution in [-0.4, -0.2) is 32.6 Å². The number of aromatic amines is 1. The molecule has 0 amide bonds. The van der Waals surface area contributed by atoms with Crippen LogP contribution in [0.5, 0.6) is 5.88 Å². The number of aromatic nitrogens is 4. The quantitative estimate of drug-likeness (QED) is 0.721. The molecule has 1 aliphatic heterocycles. The predicted molar refractivity (Wildman–Crippen MR) is 93.5 cm³/mol. The van der Waals surface area contributed by atoms with E-state index in [-0.39, 0.29) is 12.1 Å². The summed E-state index contributed by atoms with van der Waals surface area (Å²) in [5.74, 6) is 1.48. The van der Waals surface area contributed by atoms with Gasteiger partial charge in [0.05, 0.1) is 24.1 Å². The molecule has 3 heterocycles. The molecule has 2 atom stereocenters. The van der Waals surface area contributed by atoms with Crippen molar-refractivity contribution in [1.29, 1.82) is 0 Å². The number of nitrogens with zero attached hydrogens (tertiary/aromatic N) is 3. The SMILES string of the molecule is Brc1ccc(-c2cnc(C3CC(Oc4cnccn4)CN3)[nH]2)cc1. The van der Waals surface area contributed by atoms with Crippen LogP contribution in [0.25, 0.3) is 11.3 Å². The maximum atomic E-state index is 5.85. The van der Waals surface area contributed by atoms with Gasteiger partial charge in [0.25, 0.3) is 0 Å². The molecule has 1 aliphatic rings. The van der Waals surface area contributed by atoms with Crippen molar-refractivity contribution in [3.05, 3.63) is 59.3 Å². The highest BCUT2D eigenvalue weighted by atomic mass is 79.9. The maximum Gasteiger partial charge on any atom is 0.232 e. The summed E-state index contributed by atoms with van der Waals surface area (Å²) < 4.78 is 6.91. The molecule has 2 aromatic heterocycles. The van der Waals surface area contributed by atoms with Crippen LogP contribution in [0.4, 0.5) is 0 Å². The Kier molecular flexibility index (Phi) is 4.27. The van der Waals surface area contributed by atoms with Crippen LogP contribution in [0.15, 0.2) is 53.5 Å². The fraction of sp³-hybridized carbons (Fsp3) is 0.235. The van der Waals surface area contributed by atoms with Gasteiger partial charge in [-0.1, -0.05) is 28.1 Å². The normalized spacial score (nSPS) is 20.2. The van der Waals surface area contributed by atoms with E-state index in [1.807, 2.05) is 18.3 Å². The third-order valence-electron chi connectivity index (χ3n) is 4.00. The zero-order valence-electron chi connectivity index (χ0n) is 12.8. The number of ether oxygens (including phenoxy) is 1. The second-order valence-electron chi connectivity index (χ2n) is 5.67. The van der Waals surface area contributed by atoms with Crippen molar-refractivity contribution in [2.45, 2.75) is 18.6 Å². The summed E-state index contributed by atoms with van der Waals surface area (Å²) in [5.41, 5.74) is 2.12. The minimum Gasteiger partial charge on any atom is -0.472 e. The van der Waals surface area contributed by atoms with E-state index in [4.69, 9.17) is 4.74 Å². The Morgan fingerprint density at radius 3 is 2.75 bits per heavy atom. The minimum atomic E-state index is 0.0629. The molecule has 0 spiro atoms. The van der Waals surface area contributed by atoms with Crippen molar-refractivity contribution in [2.75, 3.05) is 6.54 Å². The average molecular weight is 386 g/mol. The molecule has 2 N–H and O–H groups in total. The molecular weight excluding hydrogens is 370 g/mol. The maximum absolute atomic E-state index is 5.85. The van der Waals surface area contributed by atoms with E-state index in [0.29, 0.717) is 5.88 Å². The largest absolute Gasteiger partial charge is 0.472 e. The van der Waals surface area contributed by atoms with Gasteiger partial charge in [-0.05, 0) is 17.7 Å². The lowest BCUT2D eigenvalue weighted by Crippen LogP contribution is -2.20. The van der Waals surface area contributed by atoms with E-state index < -0.39 is 0 Å². The Balaban J connectivity index is 1.43. The number of halogens is 1. The molecule has 1 fully saturated rings. The molecule has 0 radical (unpaired) electrons. The smallest absolute Gasteiger partial charge is 0.232 e. The number of benzene rings is 1. The van der Waals surface area contributed by atoms with E-state index >= 15 is 0 Å². The minimum absolute atomic E-state index is 0.0629. The van der Waals surface area contributed by atoms with E-state index in [1.165, 1.54) is 0 Å². The lowest BCUT2D eigenvalue weighted by atomic mass is 10.2. The summed E-state index contributed by atoms with van der Waals surface area (Å²) >= 11 is 3.45. The first-order chi connectivity index (χ1) is 11.8. The molecule has 3 aromatic rings. The first-order valence-electron chi connectivity index (χ1n) is 7.75. The molecule has 2 unspecified atom stereocenters. The van der Waals surface area contributed by atoms with E-state index in [9.17, 15) is 0 Å². The summed E-state index contributed by atoms with van der Waals surface area (Å²) in [7, 11) is 0. The molecular formula is C17H16BrN5O. The molecule has 6 nitrogen and oxygen atoms in total. The lowest BCUT2D eigenvalue weighted by molar-refractivity contribution is 0.210. The number of rotatable bonds is 4. The van der Waals surface area contributed by atoms with Crippen LogP contribution in [0.3, 0.4) is 0 Å². The Bertz CT molecular complexity index is 805. The van der Waals surface area contributed by atoms with Crippen molar-refractivity contribution >= 4 is 15.9 Å². The second-order valence-corrected chi connectivity index (χ2v) is 6.58. The van der Waals surface area contributed by atoms with Gasteiger partial charge in [0, 0.05) is 29.8 Å². The Labute approximate surface area is 147 Å². The molecule has 1 aromatic carbocycles. The van der Waals surface area contributed by atoms with Crippen molar-refractivity contribution in [3.63, 3.8) is 0 Å². The van der Waals surface area contributed by atoms with Gasteiger partial charge in [0.1, 0.15) is 11.9 Å². The zero-order chi connectivity index (χ0) is 16.4. The molecule has 0 bridgehead atoms. The highest BCUT2D eigenvalue weighted by molar-refractivity contribution is 9.10. The number of H-pyrrole nitrogens is 1. The van der Waals surface area contributed by atoms with Crippen LogP contribution in [-0.2, 0) is 0 Å². The zero-order valence-corrected chi connectivity index (χ0v) is 14.4. The first kappa shape index (κ1) is 15.3. The Morgan fingerprint density at radius 1 is 1.08 bits per heavy atom. The average Bonchev–Trinajstić information content (AvgIpc) is 3.26. The monoisotopic (exact) mass is 385 g/mol. The van der Waals surface area contributed by atoms with Gasteiger partial charge in [-0.15, -0.1) is 0 Å². The number of imidazole rings is 1. The van der Waals surface area contributed by atoms with Crippen LogP contribution in [0.2, 0.25) is 0 Å². The number of nitrogens with one attached hydrogen (secondary N) is 2. The summed E-state index contributed by atoms with van der Waals surface area (Å²) in [5, 5.41) is 3.44. The van der Waals surface area contributed by atoms with Crippen LogP contribution >= 0.6 is 15.9 Å². The van der Waals surface area contributed by atoms with E-state index in [2.05, 4.69) is 53.3 Å². The Morgan fingerprint density at radius 2 is 1.96 bits per heavy atom. The fourth-order valence-electron chi connectivity index (χ4n) is 2.81. The first-order valence-corrected chi connectivity index (χ1v) is 8.54. The molecule has 0 aliphatic carbocycles. The van der Waals surface area contributed by atoms with E-state index in [1.54, 1.807) is 18.6 Å². The fourth-order valence-corrected chi connectivity index (χ4v) is 3.07. The van der Waals surface area contributed by atoms with Crippen molar-refractivity contribution in [3.8, 4) is 17.1 Å². The molecule has 4 rings (SSSR count). The highest BCUT2D eigenvalue weighted by Gasteiger charge is 2.29. The van der Waals surface area contributed by atoms with Gasteiger partial charge in [-0.2, -0.15) is 0 Å². The number of hydrogen-bond acceptors (Lipinski definition) is 5. The van der Waals surface area contributed by atoms with Crippen molar-refractivity contribution in [1.82, 2.24) is 25.3 Å². The van der Waals surface area contributed by atoms with Gasteiger partial charge >= 0.3 is 0 Å². The third-order valence-corrected chi connectivity index (χ3v) is 4.53. The standard InChI is InChI=1S/C17H16BrN5O/c18-12-3-1-11(2-4-12)15-9-22-17(23-15)14-7-13(8-21-14)24-16-10-19-5-6-20-16/h1-6,9-10,13-14,21H,7-8H2,(H,22,23). The van der Waals surface area contributed by atoms with Crippen LogP contribution < -0.4 is 10.1 Å². The molecule has 1 saturated heterocycles. The summed E-state index contributed by atoms with van der Waals surface area (Å²) in [6.45, 7) is 0.759. The van der Waals surface area contributed by atoms with Crippen LogP contribution in [0, 0.1) is 0 Å². The second kappa shape index (κ2) is 6.70. The van der Waals surface area contributed by atoms with Gasteiger partial charge in [-0.3, -0.25) is 4.98 Å². The van der Waals surface area contributed by atoms with Gasteiger partial charge in [0.15, 0.2) is 0 Å². The van der Waals surface area contributed by atoms with E-state index in [0.717, 1.165) is 34.5 Å². The van der Waals surface area contributed by atoms with Gasteiger partial charge in [-0.25, -0.2) is 9.97 Å². The summed E-state index contributed by atoms with van der Waals surface area (Å²) in [6.07, 6.45) is 7.67. The Hall–Kier alpha value is -2.25. The summed E-state index contributed by atoms with van der Waals surface area (Å²) in [4.78, 5) is 16.1. The third kappa shape index (κ3) is 3.32. The molecule has 0 saturated carbocycles. The molecule has 122 valence electrons. The predicted octanol–water partition coefficient (Wildman–Crippen LogP) is 3.11. The van der Waals surface area contributed by atoms with Crippen LogP contribution in [0.1, 0.15) is 18.3 Å². The summed E-state index contributed by atoms with van der Waals surface area (Å²) in [6, 6.07) is 8.31. The lowest BCUT2D eigenvalue weighted by Gasteiger charge is -2.10. The number of hydrogen-bond donors (Lipinski definition) is 2. The topological polar surface area (TPSA) is 75.7 Å².